The summed E-state index contributed by atoms with van der Waals surface area (Å²) in [6.45, 7) is 5.67. The number of carbonyl (C=O) groups excluding carboxylic acids is 1. The van der Waals surface area contributed by atoms with Crippen LogP contribution in [0, 0.1) is 5.92 Å². The molecule has 2 heterocycles. The molecule has 2 aliphatic rings. The molecule has 25 heavy (non-hydrogen) atoms. The highest BCUT2D eigenvalue weighted by Gasteiger charge is 2.38. The van der Waals surface area contributed by atoms with E-state index in [1.165, 1.54) is 6.42 Å². The highest BCUT2D eigenvalue weighted by atomic mass is 16.5. The molecule has 5 heteroatoms. The van der Waals surface area contributed by atoms with E-state index in [2.05, 4.69) is 23.8 Å². The monoisotopic (exact) mass is 346 g/mol. The van der Waals surface area contributed by atoms with Gasteiger partial charge in [0.25, 0.3) is 5.91 Å². The van der Waals surface area contributed by atoms with Gasteiger partial charge in [0.05, 0.1) is 19.3 Å². The topological polar surface area (TPSA) is 42.0 Å². The first-order valence-electron chi connectivity index (χ1n) is 9.44. The van der Waals surface area contributed by atoms with E-state index in [1.807, 2.05) is 18.2 Å². The predicted molar refractivity (Wildman–Crippen MR) is 98.4 cm³/mol. The van der Waals surface area contributed by atoms with E-state index in [1.54, 1.807) is 7.11 Å². The van der Waals surface area contributed by atoms with Crippen molar-refractivity contribution >= 4 is 5.91 Å². The standard InChI is InChI=1S/C20H30N2O3/c1-4-12-25-19-13-16(24-3)7-8-17(19)20(23)22-10-5-6-15-14-21(2)11-9-18(15)22/h7-8,13,15,18H,4-6,9-12,14H2,1-3H3/t15-,18+/m1/s1. The number of nitrogens with zero attached hydrogens (tertiary/aromatic N) is 2. The lowest BCUT2D eigenvalue weighted by molar-refractivity contribution is 0.0251. The molecule has 0 unspecified atom stereocenters. The summed E-state index contributed by atoms with van der Waals surface area (Å²) in [5.41, 5.74) is 0.661. The molecule has 1 aromatic carbocycles. The second-order valence-electron chi connectivity index (χ2n) is 7.23. The summed E-state index contributed by atoms with van der Waals surface area (Å²) in [5, 5.41) is 0. The Balaban J connectivity index is 1.84. The van der Waals surface area contributed by atoms with Crippen molar-refractivity contribution in [3.63, 3.8) is 0 Å². The number of piperidine rings is 2. The first-order chi connectivity index (χ1) is 12.1. The van der Waals surface area contributed by atoms with Crippen LogP contribution in [0.15, 0.2) is 18.2 Å². The number of hydrogen-bond donors (Lipinski definition) is 0. The zero-order valence-electron chi connectivity index (χ0n) is 15.7. The van der Waals surface area contributed by atoms with Gasteiger partial charge >= 0.3 is 0 Å². The molecule has 0 aromatic heterocycles. The first-order valence-corrected chi connectivity index (χ1v) is 9.44. The predicted octanol–water partition coefficient (Wildman–Crippen LogP) is 3.04. The van der Waals surface area contributed by atoms with E-state index in [4.69, 9.17) is 9.47 Å². The Morgan fingerprint density at radius 1 is 1.28 bits per heavy atom. The summed E-state index contributed by atoms with van der Waals surface area (Å²) in [6, 6.07) is 5.89. The largest absolute Gasteiger partial charge is 0.497 e. The molecule has 2 fully saturated rings. The maximum Gasteiger partial charge on any atom is 0.257 e. The van der Waals surface area contributed by atoms with Crippen molar-refractivity contribution in [1.29, 1.82) is 0 Å². The summed E-state index contributed by atoms with van der Waals surface area (Å²) >= 11 is 0. The molecule has 3 rings (SSSR count). The number of carbonyl (C=O) groups is 1. The first kappa shape index (κ1) is 18.1. The van der Waals surface area contributed by atoms with Crippen LogP contribution in [0.5, 0.6) is 11.5 Å². The Kier molecular flexibility index (Phi) is 5.84. The van der Waals surface area contributed by atoms with Gasteiger partial charge < -0.3 is 19.3 Å². The fraction of sp³-hybridized carbons (Fsp3) is 0.650. The molecule has 2 saturated heterocycles. The smallest absolute Gasteiger partial charge is 0.257 e. The van der Waals surface area contributed by atoms with Gasteiger partial charge in [0.2, 0.25) is 0 Å². The zero-order valence-corrected chi connectivity index (χ0v) is 15.7. The van der Waals surface area contributed by atoms with E-state index < -0.39 is 0 Å². The van der Waals surface area contributed by atoms with Crippen molar-refractivity contribution in [2.45, 2.75) is 38.6 Å². The minimum absolute atomic E-state index is 0.105. The number of benzene rings is 1. The van der Waals surface area contributed by atoms with Crippen LogP contribution in [0.2, 0.25) is 0 Å². The van der Waals surface area contributed by atoms with E-state index in [-0.39, 0.29) is 5.91 Å². The number of fused-ring (bicyclic) bond motifs is 1. The van der Waals surface area contributed by atoms with Crippen LogP contribution < -0.4 is 9.47 Å². The van der Waals surface area contributed by atoms with Gasteiger partial charge in [-0.05, 0) is 57.3 Å². The van der Waals surface area contributed by atoms with Gasteiger partial charge in [-0.1, -0.05) is 6.92 Å². The van der Waals surface area contributed by atoms with E-state index >= 15 is 0 Å². The third kappa shape index (κ3) is 3.92. The molecule has 0 bridgehead atoms. The van der Waals surface area contributed by atoms with Crippen molar-refractivity contribution in [2.75, 3.05) is 40.4 Å². The molecule has 0 spiro atoms. The fourth-order valence-corrected chi connectivity index (χ4v) is 4.13. The van der Waals surface area contributed by atoms with Crippen LogP contribution >= 0.6 is 0 Å². The third-order valence-electron chi connectivity index (χ3n) is 5.41. The van der Waals surface area contributed by atoms with E-state index in [0.29, 0.717) is 29.9 Å². The minimum Gasteiger partial charge on any atom is -0.497 e. The summed E-state index contributed by atoms with van der Waals surface area (Å²) in [7, 11) is 3.81. The van der Waals surface area contributed by atoms with E-state index in [0.717, 1.165) is 44.6 Å². The van der Waals surface area contributed by atoms with Crippen molar-refractivity contribution in [2.24, 2.45) is 5.92 Å². The molecular formula is C20H30N2O3. The van der Waals surface area contributed by atoms with Crippen LogP contribution in [0.1, 0.15) is 43.0 Å². The Bertz CT molecular complexity index is 605. The van der Waals surface area contributed by atoms with Gasteiger partial charge in [0, 0.05) is 25.2 Å². The van der Waals surface area contributed by atoms with Gasteiger partial charge in [-0.15, -0.1) is 0 Å². The van der Waals surface area contributed by atoms with Crippen LogP contribution in [0.3, 0.4) is 0 Å². The number of amides is 1. The van der Waals surface area contributed by atoms with E-state index in [9.17, 15) is 4.79 Å². The third-order valence-corrected chi connectivity index (χ3v) is 5.41. The van der Waals surface area contributed by atoms with Gasteiger partial charge in [-0.25, -0.2) is 0 Å². The molecule has 0 aliphatic carbocycles. The van der Waals surface area contributed by atoms with Crippen LogP contribution in [-0.4, -0.2) is 62.1 Å². The highest BCUT2D eigenvalue weighted by molar-refractivity contribution is 5.97. The van der Waals surface area contributed by atoms with Crippen molar-refractivity contribution in [3.8, 4) is 11.5 Å². The molecule has 0 saturated carbocycles. The quantitative estimate of drug-likeness (QED) is 0.822. The minimum atomic E-state index is 0.105. The lowest BCUT2D eigenvalue weighted by Gasteiger charge is -2.46. The van der Waals surface area contributed by atoms with Crippen LogP contribution in [-0.2, 0) is 0 Å². The molecule has 138 valence electrons. The molecular weight excluding hydrogens is 316 g/mol. The molecule has 2 atom stereocenters. The molecule has 5 nitrogen and oxygen atoms in total. The molecule has 2 aliphatic heterocycles. The highest BCUT2D eigenvalue weighted by Crippen LogP contribution is 2.33. The van der Waals surface area contributed by atoms with Crippen molar-refractivity contribution in [3.05, 3.63) is 23.8 Å². The lowest BCUT2D eigenvalue weighted by atomic mass is 9.83. The lowest BCUT2D eigenvalue weighted by Crippen LogP contribution is -2.55. The average molecular weight is 346 g/mol. The maximum absolute atomic E-state index is 13.3. The fourth-order valence-electron chi connectivity index (χ4n) is 4.13. The molecule has 1 amide bonds. The second-order valence-corrected chi connectivity index (χ2v) is 7.23. The summed E-state index contributed by atoms with van der Waals surface area (Å²) < 4.78 is 11.2. The van der Waals surface area contributed by atoms with Crippen LogP contribution in [0.25, 0.3) is 0 Å². The number of rotatable bonds is 5. The Morgan fingerprint density at radius 2 is 2.12 bits per heavy atom. The molecule has 0 N–H and O–H groups in total. The maximum atomic E-state index is 13.3. The molecule has 0 radical (unpaired) electrons. The summed E-state index contributed by atoms with van der Waals surface area (Å²) in [4.78, 5) is 17.8. The number of methoxy groups -OCH3 is 1. The Morgan fingerprint density at radius 3 is 2.88 bits per heavy atom. The number of likely N-dealkylation sites (tertiary alicyclic amines) is 2. The average Bonchev–Trinajstić information content (AvgIpc) is 2.64. The number of hydrogen-bond acceptors (Lipinski definition) is 4. The van der Waals surface area contributed by atoms with Gasteiger partial charge in [0.1, 0.15) is 11.5 Å². The van der Waals surface area contributed by atoms with Crippen LogP contribution in [0.4, 0.5) is 0 Å². The van der Waals surface area contributed by atoms with Gasteiger partial charge in [0.15, 0.2) is 0 Å². The Hall–Kier alpha value is -1.75. The summed E-state index contributed by atoms with van der Waals surface area (Å²) in [6.07, 6.45) is 4.28. The Labute approximate surface area is 150 Å². The van der Waals surface area contributed by atoms with Gasteiger partial charge in [-0.3, -0.25) is 4.79 Å². The molecule has 1 aromatic rings. The van der Waals surface area contributed by atoms with Crippen molar-refractivity contribution < 1.29 is 14.3 Å². The number of ether oxygens (including phenoxy) is 2. The normalized spacial score (nSPS) is 23.9. The zero-order chi connectivity index (χ0) is 17.8. The van der Waals surface area contributed by atoms with Gasteiger partial charge in [-0.2, -0.15) is 0 Å². The second kappa shape index (κ2) is 8.09. The SMILES string of the molecule is CCCOc1cc(OC)ccc1C(=O)N1CCC[C@@H]2CN(C)CC[C@@H]21. The van der Waals surface area contributed by atoms with Crippen molar-refractivity contribution in [1.82, 2.24) is 9.80 Å². The summed E-state index contributed by atoms with van der Waals surface area (Å²) in [5.74, 6) is 2.06.